The summed E-state index contributed by atoms with van der Waals surface area (Å²) in [4.78, 5) is 12.2. The average Bonchev–Trinajstić information content (AvgIpc) is 2.55. The second-order valence-corrected chi connectivity index (χ2v) is 5.10. The molecule has 0 aliphatic carbocycles. The molecule has 1 atom stereocenters. The molecular weight excluding hydrogens is 274 g/mol. The summed E-state index contributed by atoms with van der Waals surface area (Å²) < 4.78 is 0. The van der Waals surface area contributed by atoms with Gasteiger partial charge in [-0.2, -0.15) is 5.26 Å². The normalized spacial score (nSPS) is 11.3. The molecule has 0 aromatic heterocycles. The minimum Gasteiger partial charge on any atom is -0.374 e. The van der Waals surface area contributed by atoms with Gasteiger partial charge in [-0.05, 0) is 49.2 Å². The molecule has 0 radical (unpaired) electrons. The Labute approximate surface area is 130 Å². The average molecular weight is 293 g/mol. The summed E-state index contributed by atoms with van der Waals surface area (Å²) in [6.45, 7) is 3.90. The molecule has 2 aromatic carbocycles. The number of hydrogen-bond acceptors (Lipinski definition) is 3. The molecule has 0 unspecified atom stereocenters. The summed E-state index contributed by atoms with van der Waals surface area (Å²) in [6.07, 6.45) is 0.955. The number of nitriles is 1. The molecule has 1 amide bonds. The number of rotatable bonds is 5. The van der Waals surface area contributed by atoms with Gasteiger partial charge in [-0.15, -0.1) is 0 Å². The first-order valence-corrected chi connectivity index (χ1v) is 7.29. The molecule has 0 fully saturated rings. The highest BCUT2D eigenvalue weighted by Gasteiger charge is 2.13. The van der Waals surface area contributed by atoms with E-state index in [2.05, 4.69) is 29.7 Å². The largest absolute Gasteiger partial charge is 0.374 e. The van der Waals surface area contributed by atoms with Crippen molar-refractivity contribution in [2.45, 2.75) is 26.3 Å². The first-order chi connectivity index (χ1) is 10.6. The maximum atomic E-state index is 12.2. The van der Waals surface area contributed by atoms with Crippen LogP contribution < -0.4 is 10.6 Å². The topological polar surface area (TPSA) is 64.9 Å². The van der Waals surface area contributed by atoms with Gasteiger partial charge in [0, 0.05) is 11.4 Å². The third-order valence-corrected chi connectivity index (χ3v) is 3.37. The fourth-order valence-corrected chi connectivity index (χ4v) is 2.11. The third kappa shape index (κ3) is 4.10. The summed E-state index contributed by atoms with van der Waals surface area (Å²) in [5.74, 6) is -0.142. The number of benzene rings is 2. The van der Waals surface area contributed by atoms with Gasteiger partial charge in [0.15, 0.2) is 0 Å². The highest BCUT2D eigenvalue weighted by atomic mass is 16.2. The van der Waals surface area contributed by atoms with Crippen molar-refractivity contribution in [2.24, 2.45) is 0 Å². The van der Waals surface area contributed by atoms with Gasteiger partial charge in [0.05, 0.1) is 11.6 Å². The van der Waals surface area contributed by atoms with E-state index in [-0.39, 0.29) is 11.9 Å². The zero-order chi connectivity index (χ0) is 15.9. The third-order valence-electron chi connectivity index (χ3n) is 3.37. The van der Waals surface area contributed by atoms with Gasteiger partial charge < -0.3 is 10.6 Å². The lowest BCUT2D eigenvalue weighted by molar-refractivity contribution is -0.116. The lowest BCUT2D eigenvalue weighted by Gasteiger charge is -2.16. The zero-order valence-electron chi connectivity index (χ0n) is 12.8. The molecule has 4 heteroatoms. The lowest BCUT2D eigenvalue weighted by Crippen LogP contribution is -2.31. The molecule has 2 N–H and O–H groups in total. The molecule has 4 nitrogen and oxygen atoms in total. The maximum absolute atomic E-state index is 12.2. The lowest BCUT2D eigenvalue weighted by atomic mass is 10.1. The molecule has 0 heterocycles. The van der Waals surface area contributed by atoms with Crippen molar-refractivity contribution in [3.8, 4) is 6.07 Å². The van der Waals surface area contributed by atoms with Crippen LogP contribution in [-0.2, 0) is 11.2 Å². The van der Waals surface area contributed by atoms with Crippen LogP contribution in [0.15, 0.2) is 48.5 Å². The Bertz CT molecular complexity index is 703. The summed E-state index contributed by atoms with van der Waals surface area (Å²) in [5.41, 5.74) is 3.29. The van der Waals surface area contributed by atoms with Crippen molar-refractivity contribution in [1.29, 1.82) is 5.26 Å². The summed E-state index contributed by atoms with van der Waals surface area (Å²) in [5, 5.41) is 14.9. The number of aryl methyl sites for hydroxylation is 1. The van der Waals surface area contributed by atoms with Crippen LogP contribution in [0.25, 0.3) is 0 Å². The molecule has 2 rings (SSSR count). The van der Waals surface area contributed by atoms with Gasteiger partial charge in [-0.25, -0.2) is 0 Å². The van der Waals surface area contributed by atoms with E-state index in [1.54, 1.807) is 24.3 Å². The monoisotopic (exact) mass is 293 g/mol. The second kappa shape index (κ2) is 7.28. The van der Waals surface area contributed by atoms with Crippen LogP contribution in [0.4, 0.5) is 11.4 Å². The number of carbonyl (C=O) groups is 1. The highest BCUT2D eigenvalue weighted by molar-refractivity contribution is 5.96. The first-order valence-electron chi connectivity index (χ1n) is 7.29. The van der Waals surface area contributed by atoms with Crippen LogP contribution >= 0.6 is 0 Å². The first kappa shape index (κ1) is 15.6. The van der Waals surface area contributed by atoms with Gasteiger partial charge in [-0.1, -0.05) is 25.1 Å². The number of nitrogens with zero attached hydrogens (tertiary/aromatic N) is 1. The van der Waals surface area contributed by atoms with E-state index >= 15 is 0 Å². The predicted octanol–water partition coefficient (Wildman–Crippen LogP) is 3.56. The minimum absolute atomic E-state index is 0.142. The fraction of sp³-hybridized carbons (Fsp3) is 0.222. The Morgan fingerprint density at radius 1 is 1.18 bits per heavy atom. The molecule has 0 saturated carbocycles. The van der Waals surface area contributed by atoms with Gasteiger partial charge in [0.1, 0.15) is 6.04 Å². The van der Waals surface area contributed by atoms with E-state index in [1.165, 1.54) is 5.56 Å². The molecule has 2 aromatic rings. The smallest absolute Gasteiger partial charge is 0.246 e. The summed E-state index contributed by atoms with van der Waals surface area (Å²) in [6, 6.07) is 16.6. The summed E-state index contributed by atoms with van der Waals surface area (Å²) >= 11 is 0. The minimum atomic E-state index is -0.377. The van der Waals surface area contributed by atoms with E-state index in [1.807, 2.05) is 25.1 Å². The molecule has 22 heavy (non-hydrogen) atoms. The van der Waals surface area contributed by atoms with E-state index in [4.69, 9.17) is 5.26 Å². The Hall–Kier alpha value is -2.80. The maximum Gasteiger partial charge on any atom is 0.246 e. The molecule has 112 valence electrons. The molecule has 0 bridgehead atoms. The van der Waals surface area contributed by atoms with Crippen LogP contribution in [0.1, 0.15) is 25.0 Å². The van der Waals surface area contributed by atoms with Crippen molar-refractivity contribution in [3.05, 3.63) is 59.7 Å². The van der Waals surface area contributed by atoms with Crippen molar-refractivity contribution in [2.75, 3.05) is 10.6 Å². The number of carbonyl (C=O) groups excluding carboxylic acids is 1. The molecular formula is C18H19N3O. The quantitative estimate of drug-likeness (QED) is 0.886. The molecule has 0 saturated heterocycles. The molecule has 0 spiro atoms. The van der Waals surface area contributed by atoms with Gasteiger partial charge in [-0.3, -0.25) is 4.79 Å². The van der Waals surface area contributed by atoms with E-state index in [0.717, 1.165) is 12.1 Å². The van der Waals surface area contributed by atoms with Gasteiger partial charge in [0.25, 0.3) is 0 Å². The van der Waals surface area contributed by atoms with E-state index in [0.29, 0.717) is 11.3 Å². The highest BCUT2D eigenvalue weighted by Crippen LogP contribution is 2.14. The van der Waals surface area contributed by atoms with Crippen LogP contribution in [0, 0.1) is 11.3 Å². The summed E-state index contributed by atoms with van der Waals surface area (Å²) in [7, 11) is 0. The Balaban J connectivity index is 2.01. The Kier molecular flexibility index (Phi) is 5.16. The van der Waals surface area contributed by atoms with Gasteiger partial charge >= 0.3 is 0 Å². The van der Waals surface area contributed by atoms with E-state index < -0.39 is 0 Å². The molecule has 0 aliphatic heterocycles. The Morgan fingerprint density at radius 2 is 1.91 bits per heavy atom. The number of hydrogen-bond donors (Lipinski definition) is 2. The fourth-order valence-electron chi connectivity index (χ4n) is 2.11. The van der Waals surface area contributed by atoms with Crippen LogP contribution in [0.5, 0.6) is 0 Å². The van der Waals surface area contributed by atoms with E-state index in [9.17, 15) is 4.79 Å². The zero-order valence-corrected chi connectivity index (χ0v) is 12.8. The second-order valence-electron chi connectivity index (χ2n) is 5.10. The van der Waals surface area contributed by atoms with Crippen LogP contribution in [0.2, 0.25) is 0 Å². The Morgan fingerprint density at radius 3 is 2.64 bits per heavy atom. The predicted molar refractivity (Wildman–Crippen MR) is 88.7 cm³/mol. The van der Waals surface area contributed by atoms with Crippen LogP contribution in [0.3, 0.4) is 0 Å². The van der Waals surface area contributed by atoms with Gasteiger partial charge in [0.2, 0.25) is 5.91 Å². The van der Waals surface area contributed by atoms with Crippen LogP contribution in [-0.4, -0.2) is 11.9 Å². The number of anilines is 2. The SMILES string of the molecule is CCc1cccc(N[C@H](C)C(=O)Nc2cccc(C#N)c2)c1. The van der Waals surface area contributed by atoms with Crippen molar-refractivity contribution >= 4 is 17.3 Å². The molecule has 0 aliphatic rings. The number of amides is 1. The van der Waals surface area contributed by atoms with Crippen molar-refractivity contribution in [1.82, 2.24) is 0 Å². The number of nitrogens with one attached hydrogen (secondary N) is 2. The standard InChI is InChI=1S/C18H19N3O/c1-3-14-6-4-8-16(10-14)20-13(2)18(22)21-17-9-5-7-15(11-17)12-19/h4-11,13,20H,3H2,1-2H3,(H,21,22)/t13-/m1/s1. The van der Waals surface area contributed by atoms with Crippen molar-refractivity contribution in [3.63, 3.8) is 0 Å². The van der Waals surface area contributed by atoms with Crippen molar-refractivity contribution < 1.29 is 4.79 Å².